The van der Waals surface area contributed by atoms with Crippen LogP contribution in [0, 0.1) is 5.41 Å². The number of hydrogen-bond acceptors (Lipinski definition) is 2. The maximum absolute atomic E-state index is 12.1. The first-order valence-electron chi connectivity index (χ1n) is 6.24. The van der Waals surface area contributed by atoms with Gasteiger partial charge in [-0.2, -0.15) is 0 Å². The number of hydrogen-bond donors (Lipinski definition) is 2. The number of rotatable bonds is 5. The molecule has 0 saturated heterocycles. The lowest BCUT2D eigenvalue weighted by Gasteiger charge is -2.15. The Morgan fingerprint density at radius 1 is 1.61 bits per heavy atom. The summed E-state index contributed by atoms with van der Waals surface area (Å²) in [6.07, 6.45) is 3.91. The van der Waals surface area contributed by atoms with E-state index in [9.17, 15) is 9.90 Å². The second-order valence-electron chi connectivity index (χ2n) is 5.39. The Kier molecular flexibility index (Phi) is 3.82. The zero-order valence-corrected chi connectivity index (χ0v) is 12.3. The normalized spacial score (nSPS) is 16.9. The highest BCUT2D eigenvalue weighted by molar-refractivity contribution is 9.10. The van der Waals surface area contributed by atoms with Crippen LogP contribution in [0.2, 0.25) is 0 Å². The van der Waals surface area contributed by atoms with E-state index in [1.165, 1.54) is 0 Å². The Morgan fingerprint density at radius 2 is 2.28 bits per heavy atom. The second-order valence-corrected chi connectivity index (χ2v) is 6.30. The van der Waals surface area contributed by atoms with E-state index in [4.69, 9.17) is 0 Å². The Hall–Kier alpha value is -0.810. The molecule has 1 aromatic heterocycles. The van der Waals surface area contributed by atoms with E-state index in [1.807, 2.05) is 30.7 Å². The highest BCUT2D eigenvalue weighted by atomic mass is 79.9. The van der Waals surface area contributed by atoms with Crippen LogP contribution in [0.5, 0.6) is 0 Å². The van der Waals surface area contributed by atoms with Crippen LogP contribution >= 0.6 is 15.9 Å². The maximum Gasteiger partial charge on any atom is 0.267 e. The molecule has 18 heavy (non-hydrogen) atoms. The van der Waals surface area contributed by atoms with Gasteiger partial charge in [0, 0.05) is 28.7 Å². The van der Waals surface area contributed by atoms with Crippen LogP contribution in [-0.4, -0.2) is 28.7 Å². The molecule has 0 radical (unpaired) electrons. The third-order valence-corrected chi connectivity index (χ3v) is 3.95. The number of aliphatic hydroxyl groups excluding tert-OH is 1. The zero-order valence-electron chi connectivity index (χ0n) is 10.7. The van der Waals surface area contributed by atoms with E-state index in [0.29, 0.717) is 12.2 Å². The van der Waals surface area contributed by atoms with Crippen molar-refractivity contribution < 1.29 is 9.90 Å². The average molecular weight is 315 g/mol. The number of aliphatic hydroxyl groups is 1. The zero-order chi connectivity index (χ0) is 13.3. The van der Waals surface area contributed by atoms with Crippen LogP contribution in [0.15, 0.2) is 16.7 Å². The number of carbonyl (C=O) groups is 1. The molecule has 100 valence electrons. The molecule has 2 rings (SSSR count). The van der Waals surface area contributed by atoms with Crippen LogP contribution in [0.1, 0.15) is 43.2 Å². The number of carbonyl (C=O) groups excluding carboxylic acids is 1. The van der Waals surface area contributed by atoms with Crippen molar-refractivity contribution in [3.63, 3.8) is 0 Å². The van der Waals surface area contributed by atoms with E-state index in [0.717, 1.165) is 17.3 Å². The first kappa shape index (κ1) is 13.6. The molecular formula is C13H19BrN2O2. The fourth-order valence-corrected chi connectivity index (χ4v) is 2.42. The second kappa shape index (κ2) is 5.05. The minimum Gasteiger partial charge on any atom is -0.396 e. The molecule has 1 amide bonds. The quantitative estimate of drug-likeness (QED) is 0.876. The van der Waals surface area contributed by atoms with Gasteiger partial charge < -0.3 is 15.0 Å². The fraction of sp³-hybridized carbons (Fsp3) is 0.615. The lowest BCUT2D eigenvalue weighted by Crippen LogP contribution is -2.33. The highest BCUT2D eigenvalue weighted by Crippen LogP contribution is 2.44. The molecule has 1 aliphatic rings. The monoisotopic (exact) mass is 314 g/mol. The van der Waals surface area contributed by atoms with Crippen molar-refractivity contribution in [2.24, 2.45) is 5.41 Å². The standard InChI is InChI=1S/C13H19BrN2O2/c1-9(2)16-6-10(14)5-11(16)12(18)15-7-13(8-17)3-4-13/h5-6,9,17H,3-4,7-8H2,1-2H3,(H,15,18). The molecule has 0 aliphatic heterocycles. The van der Waals surface area contributed by atoms with Crippen molar-refractivity contribution in [2.75, 3.05) is 13.2 Å². The number of aromatic nitrogens is 1. The molecule has 0 atom stereocenters. The first-order chi connectivity index (χ1) is 8.47. The third-order valence-electron chi connectivity index (χ3n) is 3.52. The van der Waals surface area contributed by atoms with Crippen molar-refractivity contribution in [1.82, 2.24) is 9.88 Å². The smallest absolute Gasteiger partial charge is 0.267 e. The van der Waals surface area contributed by atoms with E-state index in [1.54, 1.807) is 0 Å². The molecule has 0 bridgehead atoms. The van der Waals surface area contributed by atoms with Crippen molar-refractivity contribution in [3.8, 4) is 0 Å². The molecule has 1 aromatic rings. The van der Waals surface area contributed by atoms with Crippen LogP contribution in [-0.2, 0) is 0 Å². The van der Waals surface area contributed by atoms with Crippen molar-refractivity contribution in [1.29, 1.82) is 0 Å². The number of halogens is 1. The van der Waals surface area contributed by atoms with Crippen molar-refractivity contribution in [3.05, 3.63) is 22.4 Å². The lowest BCUT2D eigenvalue weighted by molar-refractivity contribution is 0.0924. The minimum absolute atomic E-state index is 0.0534. The topological polar surface area (TPSA) is 54.3 Å². The third kappa shape index (κ3) is 2.78. The van der Waals surface area contributed by atoms with Gasteiger partial charge in [-0.25, -0.2) is 0 Å². The number of nitrogens with zero attached hydrogens (tertiary/aromatic N) is 1. The van der Waals surface area contributed by atoms with Crippen LogP contribution < -0.4 is 5.32 Å². The van der Waals surface area contributed by atoms with Gasteiger partial charge in [0.1, 0.15) is 5.69 Å². The van der Waals surface area contributed by atoms with Gasteiger partial charge in [-0.15, -0.1) is 0 Å². The summed E-state index contributed by atoms with van der Waals surface area (Å²) in [5.74, 6) is -0.0749. The maximum atomic E-state index is 12.1. The molecule has 1 saturated carbocycles. The molecular weight excluding hydrogens is 296 g/mol. The van der Waals surface area contributed by atoms with Gasteiger partial charge in [-0.1, -0.05) is 0 Å². The minimum atomic E-state index is -0.0749. The summed E-state index contributed by atoms with van der Waals surface area (Å²) in [6, 6.07) is 2.07. The number of nitrogens with one attached hydrogen (secondary N) is 1. The summed E-state index contributed by atoms with van der Waals surface area (Å²) >= 11 is 3.40. The first-order valence-corrected chi connectivity index (χ1v) is 7.03. The van der Waals surface area contributed by atoms with Crippen LogP contribution in [0.3, 0.4) is 0 Å². The summed E-state index contributed by atoms with van der Waals surface area (Å²) in [5.41, 5.74) is 0.605. The molecule has 0 spiro atoms. The average Bonchev–Trinajstić information content (AvgIpc) is 3.01. The predicted molar refractivity (Wildman–Crippen MR) is 73.6 cm³/mol. The molecule has 2 N–H and O–H groups in total. The summed E-state index contributed by atoms with van der Waals surface area (Å²) < 4.78 is 2.85. The molecule has 0 unspecified atom stereocenters. The molecule has 0 aromatic carbocycles. The fourth-order valence-electron chi connectivity index (χ4n) is 1.98. The molecule has 1 fully saturated rings. The Balaban J connectivity index is 2.04. The molecule has 4 nitrogen and oxygen atoms in total. The van der Waals surface area contributed by atoms with E-state index >= 15 is 0 Å². The summed E-state index contributed by atoms with van der Waals surface area (Å²) in [5, 5.41) is 12.1. The van der Waals surface area contributed by atoms with Crippen molar-refractivity contribution in [2.45, 2.75) is 32.7 Å². The summed E-state index contributed by atoms with van der Waals surface area (Å²) in [4.78, 5) is 12.1. The Morgan fingerprint density at radius 3 is 2.78 bits per heavy atom. The number of amides is 1. The van der Waals surface area contributed by atoms with Crippen LogP contribution in [0.25, 0.3) is 0 Å². The van der Waals surface area contributed by atoms with Gasteiger partial charge in [0.15, 0.2) is 0 Å². The molecule has 1 aliphatic carbocycles. The van der Waals surface area contributed by atoms with Gasteiger partial charge >= 0.3 is 0 Å². The molecule has 5 heteroatoms. The van der Waals surface area contributed by atoms with E-state index in [2.05, 4.69) is 21.2 Å². The Labute approximate surface area is 116 Å². The van der Waals surface area contributed by atoms with Gasteiger partial charge in [-0.05, 0) is 48.7 Å². The summed E-state index contributed by atoms with van der Waals surface area (Å²) in [7, 11) is 0. The van der Waals surface area contributed by atoms with E-state index in [-0.39, 0.29) is 24.0 Å². The van der Waals surface area contributed by atoms with Gasteiger partial charge in [-0.3, -0.25) is 4.79 Å². The van der Waals surface area contributed by atoms with Gasteiger partial charge in [0.2, 0.25) is 0 Å². The lowest BCUT2D eigenvalue weighted by atomic mass is 10.1. The highest BCUT2D eigenvalue weighted by Gasteiger charge is 2.42. The SMILES string of the molecule is CC(C)n1cc(Br)cc1C(=O)NCC1(CO)CC1. The molecule has 1 heterocycles. The largest absolute Gasteiger partial charge is 0.396 e. The van der Waals surface area contributed by atoms with Crippen molar-refractivity contribution >= 4 is 21.8 Å². The summed E-state index contributed by atoms with van der Waals surface area (Å²) in [6.45, 7) is 4.80. The van der Waals surface area contributed by atoms with Gasteiger partial charge in [0.05, 0.1) is 6.61 Å². The van der Waals surface area contributed by atoms with E-state index < -0.39 is 0 Å². The Bertz CT molecular complexity index is 450. The van der Waals surface area contributed by atoms with Crippen LogP contribution in [0.4, 0.5) is 0 Å². The predicted octanol–water partition coefficient (Wildman–Crippen LogP) is 2.33. The van der Waals surface area contributed by atoms with Gasteiger partial charge in [0.25, 0.3) is 5.91 Å².